The van der Waals surface area contributed by atoms with E-state index in [0.29, 0.717) is 23.4 Å². The maximum absolute atomic E-state index is 12.5. The van der Waals surface area contributed by atoms with Crippen LogP contribution in [0.1, 0.15) is 17.8 Å². The maximum atomic E-state index is 12.5. The number of hydrogen-bond donors (Lipinski definition) is 1. The van der Waals surface area contributed by atoms with Gasteiger partial charge in [-0.3, -0.25) is 9.69 Å². The summed E-state index contributed by atoms with van der Waals surface area (Å²) in [5.74, 6) is 1.51. The second-order valence-electron chi connectivity index (χ2n) is 7.33. The number of hydrogen-bond acceptors (Lipinski definition) is 5. The molecule has 30 heavy (non-hydrogen) atoms. The minimum atomic E-state index is -0.163. The van der Waals surface area contributed by atoms with Gasteiger partial charge in [-0.2, -0.15) is 5.10 Å². The van der Waals surface area contributed by atoms with E-state index in [4.69, 9.17) is 4.74 Å². The predicted octanol–water partition coefficient (Wildman–Crippen LogP) is 3.18. The number of benzene rings is 2. The Morgan fingerprint density at radius 2 is 1.87 bits per heavy atom. The van der Waals surface area contributed by atoms with Crippen LogP contribution in [0.25, 0.3) is 16.7 Å². The number of rotatable bonds is 8. The lowest BCUT2D eigenvalue weighted by molar-refractivity contribution is 0.314. The highest BCUT2D eigenvalue weighted by atomic mass is 16.5. The van der Waals surface area contributed by atoms with E-state index in [2.05, 4.69) is 32.1 Å². The molecule has 0 saturated heterocycles. The summed E-state index contributed by atoms with van der Waals surface area (Å²) < 4.78 is 6.90. The summed E-state index contributed by atoms with van der Waals surface area (Å²) in [5, 5.41) is 4.84. The number of methoxy groups -OCH3 is 1. The Labute approximate surface area is 174 Å². The van der Waals surface area contributed by atoms with E-state index in [1.54, 1.807) is 18.0 Å². The summed E-state index contributed by atoms with van der Waals surface area (Å²) in [4.78, 5) is 22.2. The van der Waals surface area contributed by atoms with Crippen LogP contribution in [0.2, 0.25) is 0 Å². The minimum absolute atomic E-state index is 0.163. The Kier molecular flexibility index (Phi) is 5.90. The van der Waals surface area contributed by atoms with Gasteiger partial charge < -0.3 is 9.72 Å². The number of aromatic amines is 1. The van der Waals surface area contributed by atoms with Crippen molar-refractivity contribution < 1.29 is 4.74 Å². The van der Waals surface area contributed by atoms with Gasteiger partial charge in [0, 0.05) is 0 Å². The molecule has 0 radical (unpaired) electrons. The van der Waals surface area contributed by atoms with Gasteiger partial charge in [-0.15, -0.1) is 0 Å². The van der Waals surface area contributed by atoms with Gasteiger partial charge in [0.25, 0.3) is 5.56 Å². The Morgan fingerprint density at radius 3 is 2.60 bits per heavy atom. The zero-order chi connectivity index (χ0) is 20.9. The highest BCUT2D eigenvalue weighted by molar-refractivity contribution is 5.75. The lowest BCUT2D eigenvalue weighted by Gasteiger charge is -2.16. The molecule has 0 aliphatic rings. The average molecular weight is 403 g/mol. The standard InChI is InChI=1S/C23H25N5O2/c1-27(14-6-7-17-10-12-19(30-2)13-11-17)16-21-25-22-20(23(29)26-21)15-24-28(22)18-8-4-3-5-9-18/h3-5,8-13,15H,6-7,14,16H2,1-2H3,(H,25,26,29). The van der Waals surface area contributed by atoms with Crippen LogP contribution >= 0.6 is 0 Å². The molecule has 1 N–H and O–H groups in total. The average Bonchev–Trinajstić information content (AvgIpc) is 3.19. The van der Waals surface area contributed by atoms with E-state index in [9.17, 15) is 4.79 Å². The molecule has 0 aliphatic carbocycles. The number of nitrogens with one attached hydrogen (secondary N) is 1. The highest BCUT2D eigenvalue weighted by Gasteiger charge is 2.12. The lowest BCUT2D eigenvalue weighted by Crippen LogP contribution is -2.23. The molecular weight excluding hydrogens is 378 g/mol. The third-order valence-corrected chi connectivity index (χ3v) is 5.07. The van der Waals surface area contributed by atoms with Gasteiger partial charge >= 0.3 is 0 Å². The van der Waals surface area contributed by atoms with E-state index in [1.807, 2.05) is 49.5 Å². The lowest BCUT2D eigenvalue weighted by atomic mass is 10.1. The van der Waals surface area contributed by atoms with E-state index in [0.717, 1.165) is 30.8 Å². The molecule has 0 spiro atoms. The van der Waals surface area contributed by atoms with Crippen molar-refractivity contribution in [3.05, 3.63) is 82.5 Å². The van der Waals surface area contributed by atoms with Gasteiger partial charge in [-0.25, -0.2) is 9.67 Å². The van der Waals surface area contributed by atoms with Crippen LogP contribution in [0.15, 0.2) is 65.6 Å². The second-order valence-corrected chi connectivity index (χ2v) is 7.33. The van der Waals surface area contributed by atoms with Crippen molar-refractivity contribution in [1.82, 2.24) is 24.6 Å². The largest absolute Gasteiger partial charge is 0.497 e. The molecule has 2 aromatic heterocycles. The summed E-state index contributed by atoms with van der Waals surface area (Å²) in [6.07, 6.45) is 3.56. The zero-order valence-corrected chi connectivity index (χ0v) is 17.2. The molecule has 0 amide bonds. The van der Waals surface area contributed by atoms with Crippen molar-refractivity contribution in [2.24, 2.45) is 0 Å². The second kappa shape index (κ2) is 8.92. The molecule has 4 rings (SSSR count). The number of nitrogens with zero attached hydrogens (tertiary/aromatic N) is 4. The Hall–Kier alpha value is -3.45. The van der Waals surface area contributed by atoms with Gasteiger partial charge in [0.05, 0.1) is 25.5 Å². The van der Waals surface area contributed by atoms with Gasteiger partial charge in [0.2, 0.25) is 0 Å². The molecule has 7 nitrogen and oxygen atoms in total. The molecule has 0 saturated carbocycles. The molecule has 7 heteroatoms. The fourth-order valence-corrected chi connectivity index (χ4v) is 3.48. The Balaban J connectivity index is 1.43. The van der Waals surface area contributed by atoms with Crippen LogP contribution in [0.4, 0.5) is 0 Å². The SMILES string of the molecule is COc1ccc(CCCN(C)Cc2nc3c(cnn3-c3ccccc3)c(=O)[nH]2)cc1. The first kappa shape index (κ1) is 19.8. The number of H-pyrrole nitrogens is 1. The number of fused-ring (bicyclic) bond motifs is 1. The molecule has 0 bridgehead atoms. The molecule has 154 valence electrons. The smallest absolute Gasteiger partial charge is 0.262 e. The maximum Gasteiger partial charge on any atom is 0.262 e. The first-order valence-corrected chi connectivity index (χ1v) is 9.98. The Morgan fingerprint density at radius 1 is 1.10 bits per heavy atom. The fourth-order valence-electron chi connectivity index (χ4n) is 3.48. The van der Waals surface area contributed by atoms with E-state index in [-0.39, 0.29) is 5.56 Å². The van der Waals surface area contributed by atoms with Gasteiger partial charge in [0.1, 0.15) is 17.0 Å². The van der Waals surface area contributed by atoms with Gasteiger partial charge in [-0.05, 0) is 56.3 Å². The fraction of sp³-hybridized carbons (Fsp3) is 0.261. The van der Waals surface area contributed by atoms with Crippen LogP contribution in [-0.4, -0.2) is 45.4 Å². The van der Waals surface area contributed by atoms with Crippen LogP contribution in [0.5, 0.6) is 5.75 Å². The molecule has 4 aromatic rings. The third-order valence-electron chi connectivity index (χ3n) is 5.07. The highest BCUT2D eigenvalue weighted by Crippen LogP contribution is 2.15. The molecule has 0 fully saturated rings. The van der Waals surface area contributed by atoms with Crippen molar-refractivity contribution in [3.8, 4) is 11.4 Å². The quantitative estimate of drug-likeness (QED) is 0.489. The van der Waals surface area contributed by atoms with Crippen molar-refractivity contribution >= 4 is 11.0 Å². The number of para-hydroxylation sites is 1. The molecule has 2 aromatic carbocycles. The third kappa shape index (κ3) is 4.41. The van der Waals surface area contributed by atoms with E-state index < -0.39 is 0 Å². The predicted molar refractivity (Wildman–Crippen MR) is 117 cm³/mol. The number of ether oxygens (including phenoxy) is 1. The number of aromatic nitrogens is 4. The first-order valence-electron chi connectivity index (χ1n) is 9.98. The molecular formula is C23H25N5O2. The zero-order valence-electron chi connectivity index (χ0n) is 17.2. The van der Waals surface area contributed by atoms with Crippen LogP contribution in [0, 0.1) is 0 Å². The molecule has 0 unspecified atom stereocenters. The van der Waals surface area contributed by atoms with E-state index >= 15 is 0 Å². The van der Waals surface area contributed by atoms with Crippen molar-refractivity contribution in [2.45, 2.75) is 19.4 Å². The van der Waals surface area contributed by atoms with Crippen molar-refractivity contribution in [2.75, 3.05) is 20.7 Å². The van der Waals surface area contributed by atoms with Crippen LogP contribution in [-0.2, 0) is 13.0 Å². The van der Waals surface area contributed by atoms with Gasteiger partial charge in [-0.1, -0.05) is 30.3 Å². The number of aryl methyl sites for hydroxylation is 1. The first-order chi connectivity index (χ1) is 14.6. The van der Waals surface area contributed by atoms with Crippen LogP contribution < -0.4 is 10.3 Å². The summed E-state index contributed by atoms with van der Waals surface area (Å²) in [6, 6.07) is 17.9. The minimum Gasteiger partial charge on any atom is -0.497 e. The normalized spacial score (nSPS) is 11.3. The van der Waals surface area contributed by atoms with Crippen molar-refractivity contribution in [3.63, 3.8) is 0 Å². The van der Waals surface area contributed by atoms with Crippen LogP contribution in [0.3, 0.4) is 0 Å². The summed E-state index contributed by atoms with van der Waals surface area (Å²) in [6.45, 7) is 1.46. The van der Waals surface area contributed by atoms with E-state index in [1.165, 1.54) is 5.56 Å². The van der Waals surface area contributed by atoms with Crippen molar-refractivity contribution in [1.29, 1.82) is 0 Å². The summed E-state index contributed by atoms with van der Waals surface area (Å²) >= 11 is 0. The monoisotopic (exact) mass is 403 g/mol. The molecule has 0 aliphatic heterocycles. The van der Waals surface area contributed by atoms with Gasteiger partial charge in [0.15, 0.2) is 5.65 Å². The topological polar surface area (TPSA) is 76.0 Å². The summed E-state index contributed by atoms with van der Waals surface area (Å²) in [5.41, 5.74) is 2.57. The molecule has 0 atom stereocenters. The summed E-state index contributed by atoms with van der Waals surface area (Å²) in [7, 11) is 3.71. The molecule has 2 heterocycles. The Bertz CT molecular complexity index is 1170.